The molecule has 2 aromatic rings. The van der Waals surface area contributed by atoms with Gasteiger partial charge < -0.3 is 15.2 Å². The van der Waals surface area contributed by atoms with E-state index in [1.54, 1.807) is 19.9 Å². The second-order valence-corrected chi connectivity index (χ2v) is 6.66. The maximum atomic E-state index is 14.1. The van der Waals surface area contributed by atoms with E-state index < -0.39 is 23.2 Å². The fraction of sp³-hybridized carbons (Fsp3) is 0.368. The summed E-state index contributed by atoms with van der Waals surface area (Å²) in [5.74, 6) is -0.263. The number of hydrogen-bond acceptors (Lipinski definition) is 3. The van der Waals surface area contributed by atoms with Crippen LogP contribution in [-0.4, -0.2) is 17.3 Å². The van der Waals surface area contributed by atoms with E-state index in [-0.39, 0.29) is 18.9 Å². The van der Waals surface area contributed by atoms with E-state index in [0.29, 0.717) is 17.7 Å². The molecule has 0 heterocycles. The Morgan fingerprint density at radius 2 is 1.81 bits per heavy atom. The van der Waals surface area contributed by atoms with E-state index >= 15 is 0 Å². The average Bonchev–Trinajstić information content (AvgIpc) is 2.53. The highest BCUT2D eigenvalue weighted by Gasteiger charge is 2.30. The van der Waals surface area contributed by atoms with Crippen molar-refractivity contribution < 1.29 is 27.4 Å². The molecule has 142 valence electrons. The summed E-state index contributed by atoms with van der Waals surface area (Å²) in [7, 11) is 0. The van der Waals surface area contributed by atoms with Crippen LogP contribution in [0, 0.1) is 5.82 Å². The quantitative estimate of drug-likeness (QED) is 0.714. The van der Waals surface area contributed by atoms with Crippen molar-refractivity contribution in [3.8, 4) is 5.75 Å². The number of aliphatic hydroxyl groups is 1. The van der Waals surface area contributed by atoms with Gasteiger partial charge in [-0.2, -0.15) is 13.2 Å². The third-order valence-corrected chi connectivity index (χ3v) is 3.56. The van der Waals surface area contributed by atoms with E-state index in [2.05, 4.69) is 5.32 Å². The van der Waals surface area contributed by atoms with Gasteiger partial charge in [0.2, 0.25) is 0 Å². The van der Waals surface area contributed by atoms with E-state index in [4.69, 9.17) is 4.74 Å². The van der Waals surface area contributed by atoms with Crippen LogP contribution in [0.3, 0.4) is 0 Å². The molecule has 0 amide bonds. The minimum atomic E-state index is -4.42. The highest BCUT2D eigenvalue weighted by atomic mass is 19.4. The Morgan fingerprint density at radius 3 is 2.42 bits per heavy atom. The third kappa shape index (κ3) is 6.31. The molecule has 0 aliphatic rings. The molecule has 0 aliphatic heterocycles. The molecule has 2 aromatic carbocycles. The van der Waals surface area contributed by atoms with Gasteiger partial charge >= 0.3 is 6.18 Å². The molecule has 2 N–H and O–H groups in total. The third-order valence-electron chi connectivity index (χ3n) is 3.56. The van der Waals surface area contributed by atoms with Gasteiger partial charge in [-0.3, -0.25) is 0 Å². The standard InChI is InChI=1S/C19H21F4NO2/c1-18(2,25)12-24-10-14-6-7-16(9-17(14)20)26-11-13-4-3-5-15(8-13)19(21,22)23/h3-9,24-25H,10-12H2,1-2H3. The van der Waals surface area contributed by atoms with Crippen LogP contribution in [0.2, 0.25) is 0 Å². The Morgan fingerprint density at radius 1 is 1.08 bits per heavy atom. The fourth-order valence-electron chi connectivity index (χ4n) is 2.27. The summed E-state index contributed by atoms with van der Waals surface area (Å²) in [6, 6.07) is 9.09. The molecule has 0 saturated carbocycles. The van der Waals surface area contributed by atoms with Crippen molar-refractivity contribution in [1.82, 2.24) is 5.32 Å². The first kappa shape index (κ1) is 20.2. The summed E-state index contributed by atoms with van der Waals surface area (Å²) in [4.78, 5) is 0. The van der Waals surface area contributed by atoms with E-state index in [1.165, 1.54) is 24.3 Å². The van der Waals surface area contributed by atoms with Crippen molar-refractivity contribution >= 4 is 0 Å². The molecular formula is C19H21F4NO2. The first-order valence-corrected chi connectivity index (χ1v) is 8.05. The second-order valence-electron chi connectivity index (χ2n) is 6.66. The molecule has 0 unspecified atom stereocenters. The van der Waals surface area contributed by atoms with Crippen molar-refractivity contribution in [2.45, 2.75) is 38.8 Å². The van der Waals surface area contributed by atoms with Crippen LogP contribution in [0.25, 0.3) is 0 Å². The van der Waals surface area contributed by atoms with Crippen molar-refractivity contribution in [3.63, 3.8) is 0 Å². The number of hydrogen-bond donors (Lipinski definition) is 2. The Kier molecular flexibility index (Phi) is 6.26. The van der Waals surface area contributed by atoms with Crippen molar-refractivity contribution in [2.75, 3.05) is 6.54 Å². The average molecular weight is 371 g/mol. The Bertz CT molecular complexity index is 739. The van der Waals surface area contributed by atoms with E-state index in [9.17, 15) is 22.7 Å². The first-order valence-electron chi connectivity index (χ1n) is 8.05. The molecule has 0 aliphatic carbocycles. The van der Waals surface area contributed by atoms with Crippen LogP contribution in [0.1, 0.15) is 30.5 Å². The molecule has 0 spiro atoms. The predicted molar refractivity (Wildman–Crippen MR) is 90.2 cm³/mol. The van der Waals surface area contributed by atoms with Crippen molar-refractivity contribution in [1.29, 1.82) is 0 Å². The van der Waals surface area contributed by atoms with Gasteiger partial charge in [-0.25, -0.2) is 4.39 Å². The van der Waals surface area contributed by atoms with Crippen molar-refractivity contribution in [3.05, 3.63) is 65.0 Å². The molecular weight excluding hydrogens is 350 g/mol. The summed E-state index contributed by atoms with van der Waals surface area (Å²) in [5, 5.41) is 12.6. The number of nitrogens with one attached hydrogen (secondary N) is 1. The van der Waals surface area contributed by atoms with Gasteiger partial charge in [-0.15, -0.1) is 0 Å². The number of halogens is 4. The number of alkyl halides is 3. The largest absolute Gasteiger partial charge is 0.489 e. The van der Waals surface area contributed by atoms with Crippen molar-refractivity contribution in [2.24, 2.45) is 0 Å². The van der Waals surface area contributed by atoms with Crippen LogP contribution >= 0.6 is 0 Å². The SMILES string of the molecule is CC(C)(O)CNCc1ccc(OCc2cccc(C(F)(F)F)c2)cc1F. The molecule has 0 atom stereocenters. The zero-order chi connectivity index (χ0) is 19.4. The summed E-state index contributed by atoms with van der Waals surface area (Å²) >= 11 is 0. The molecule has 2 rings (SSSR count). The normalized spacial score (nSPS) is 12.3. The first-order chi connectivity index (χ1) is 12.0. The van der Waals surface area contributed by atoms with E-state index in [1.807, 2.05) is 0 Å². The molecule has 0 bridgehead atoms. The van der Waals surface area contributed by atoms with Gasteiger partial charge in [-0.05, 0) is 37.6 Å². The topological polar surface area (TPSA) is 41.5 Å². The lowest BCUT2D eigenvalue weighted by Gasteiger charge is -2.18. The van der Waals surface area contributed by atoms with Crippen LogP contribution in [0.5, 0.6) is 5.75 Å². The van der Waals surface area contributed by atoms with Gasteiger partial charge in [0.05, 0.1) is 11.2 Å². The van der Waals surface area contributed by atoms with Crippen LogP contribution in [0.15, 0.2) is 42.5 Å². The lowest BCUT2D eigenvalue weighted by Crippen LogP contribution is -2.34. The Hall–Kier alpha value is -2.12. The maximum absolute atomic E-state index is 14.1. The minimum absolute atomic E-state index is 0.0976. The molecule has 7 heteroatoms. The summed E-state index contributed by atoms with van der Waals surface area (Å²) in [5.41, 5.74) is -0.903. The predicted octanol–water partition coefficient (Wildman–Crippen LogP) is 4.28. The lowest BCUT2D eigenvalue weighted by molar-refractivity contribution is -0.137. The zero-order valence-electron chi connectivity index (χ0n) is 14.5. The molecule has 0 fully saturated rings. The fourth-order valence-corrected chi connectivity index (χ4v) is 2.27. The summed E-state index contributed by atoms with van der Waals surface area (Å²) in [6.45, 7) is 3.73. The van der Waals surface area contributed by atoms with E-state index in [0.717, 1.165) is 12.1 Å². The Labute approximate surface area is 149 Å². The van der Waals surface area contributed by atoms with Crippen LogP contribution < -0.4 is 10.1 Å². The molecule has 26 heavy (non-hydrogen) atoms. The van der Waals surface area contributed by atoms with Gasteiger partial charge in [-0.1, -0.05) is 18.2 Å². The zero-order valence-corrected chi connectivity index (χ0v) is 14.5. The number of benzene rings is 2. The monoisotopic (exact) mass is 371 g/mol. The minimum Gasteiger partial charge on any atom is -0.489 e. The molecule has 0 radical (unpaired) electrons. The number of rotatable bonds is 7. The van der Waals surface area contributed by atoms with Gasteiger partial charge in [0.15, 0.2) is 0 Å². The Balaban J connectivity index is 1.96. The van der Waals surface area contributed by atoms with Crippen LogP contribution in [-0.2, 0) is 19.3 Å². The van der Waals surface area contributed by atoms with Gasteiger partial charge in [0.1, 0.15) is 18.2 Å². The maximum Gasteiger partial charge on any atom is 0.416 e. The second kappa shape index (κ2) is 8.05. The number of ether oxygens (including phenoxy) is 1. The summed E-state index contributed by atoms with van der Waals surface area (Å²) in [6.07, 6.45) is -4.42. The molecule has 0 aromatic heterocycles. The van der Waals surface area contributed by atoms with Crippen LogP contribution in [0.4, 0.5) is 17.6 Å². The van der Waals surface area contributed by atoms with Gasteiger partial charge in [0.25, 0.3) is 0 Å². The smallest absolute Gasteiger partial charge is 0.416 e. The summed E-state index contributed by atoms with van der Waals surface area (Å²) < 4.78 is 57.5. The molecule has 0 saturated heterocycles. The highest BCUT2D eigenvalue weighted by molar-refractivity contribution is 5.30. The molecule has 3 nitrogen and oxygen atoms in total. The lowest BCUT2D eigenvalue weighted by atomic mass is 10.1. The van der Waals surface area contributed by atoms with Gasteiger partial charge in [0, 0.05) is 24.7 Å². The highest BCUT2D eigenvalue weighted by Crippen LogP contribution is 2.29.